The highest BCUT2D eigenvalue weighted by Crippen LogP contribution is 2.14. The Balaban J connectivity index is 2.46. The minimum absolute atomic E-state index is 0.000185. The summed E-state index contributed by atoms with van der Waals surface area (Å²) < 4.78 is 0. The second kappa shape index (κ2) is 3.21. The van der Waals surface area contributed by atoms with Crippen LogP contribution in [0, 0.1) is 10.1 Å². The summed E-state index contributed by atoms with van der Waals surface area (Å²) in [6.45, 7) is 0. The SMILES string of the molecule is O=[N+]([O-])c1cccc(-n2ncnn2)c1. The van der Waals surface area contributed by atoms with Crippen molar-refractivity contribution in [3.63, 3.8) is 0 Å². The van der Waals surface area contributed by atoms with E-state index in [1.807, 2.05) is 0 Å². The molecule has 1 aromatic heterocycles. The monoisotopic (exact) mass is 191 g/mol. The van der Waals surface area contributed by atoms with Gasteiger partial charge in [-0.1, -0.05) is 6.07 Å². The highest BCUT2D eigenvalue weighted by atomic mass is 16.6. The van der Waals surface area contributed by atoms with Crippen LogP contribution in [-0.2, 0) is 0 Å². The molecule has 0 aliphatic heterocycles. The number of hydrogen-bond donors (Lipinski definition) is 0. The van der Waals surface area contributed by atoms with Crippen LogP contribution in [0.2, 0.25) is 0 Å². The molecule has 0 unspecified atom stereocenters. The van der Waals surface area contributed by atoms with E-state index in [1.54, 1.807) is 12.1 Å². The summed E-state index contributed by atoms with van der Waals surface area (Å²) in [4.78, 5) is 11.2. The number of tetrazole rings is 1. The molecular weight excluding hydrogens is 186 g/mol. The smallest absolute Gasteiger partial charge is 0.258 e. The van der Waals surface area contributed by atoms with Gasteiger partial charge < -0.3 is 0 Å². The number of non-ortho nitro benzene ring substituents is 1. The largest absolute Gasteiger partial charge is 0.271 e. The maximum Gasteiger partial charge on any atom is 0.271 e. The predicted octanol–water partition coefficient (Wildman–Crippen LogP) is 0.570. The van der Waals surface area contributed by atoms with E-state index in [9.17, 15) is 10.1 Å². The molecule has 7 nitrogen and oxygen atoms in total. The van der Waals surface area contributed by atoms with Gasteiger partial charge in [-0.15, -0.1) is 15.0 Å². The Morgan fingerprint density at radius 1 is 1.43 bits per heavy atom. The van der Waals surface area contributed by atoms with Crippen LogP contribution in [0.1, 0.15) is 0 Å². The molecule has 0 aliphatic carbocycles. The lowest BCUT2D eigenvalue weighted by atomic mass is 10.3. The van der Waals surface area contributed by atoms with E-state index in [0.29, 0.717) is 5.69 Å². The maximum absolute atomic E-state index is 10.5. The van der Waals surface area contributed by atoms with Gasteiger partial charge in [0.1, 0.15) is 0 Å². The third kappa shape index (κ3) is 1.42. The van der Waals surface area contributed by atoms with Crippen LogP contribution >= 0.6 is 0 Å². The van der Waals surface area contributed by atoms with Gasteiger partial charge in [-0.2, -0.15) is 0 Å². The molecule has 0 atom stereocenters. The Kier molecular flexibility index (Phi) is 1.90. The van der Waals surface area contributed by atoms with Gasteiger partial charge >= 0.3 is 0 Å². The Hall–Kier alpha value is -2.31. The molecule has 0 aliphatic rings. The molecule has 7 heteroatoms. The first-order valence-electron chi connectivity index (χ1n) is 3.75. The second-order valence-electron chi connectivity index (χ2n) is 2.50. The van der Waals surface area contributed by atoms with Gasteiger partial charge in [0.25, 0.3) is 5.69 Å². The van der Waals surface area contributed by atoms with Gasteiger partial charge in [-0.05, 0) is 11.3 Å². The van der Waals surface area contributed by atoms with E-state index in [4.69, 9.17) is 0 Å². The molecule has 0 amide bonds. The summed E-state index contributed by atoms with van der Waals surface area (Å²) in [5, 5.41) is 21.3. The summed E-state index contributed by atoms with van der Waals surface area (Å²) >= 11 is 0. The van der Waals surface area contributed by atoms with Gasteiger partial charge in [0.2, 0.25) is 0 Å². The number of nitro groups is 1. The van der Waals surface area contributed by atoms with E-state index in [-0.39, 0.29) is 5.69 Å². The van der Waals surface area contributed by atoms with Crippen molar-refractivity contribution in [2.75, 3.05) is 0 Å². The first-order chi connectivity index (χ1) is 6.77. The summed E-state index contributed by atoms with van der Waals surface area (Å²) in [7, 11) is 0. The average molecular weight is 191 g/mol. The van der Waals surface area contributed by atoms with Crippen molar-refractivity contribution >= 4 is 5.69 Å². The Morgan fingerprint density at radius 3 is 2.93 bits per heavy atom. The molecule has 0 radical (unpaired) electrons. The van der Waals surface area contributed by atoms with Gasteiger partial charge in [0, 0.05) is 12.1 Å². The lowest BCUT2D eigenvalue weighted by molar-refractivity contribution is -0.384. The average Bonchev–Trinajstić information content (AvgIpc) is 2.71. The van der Waals surface area contributed by atoms with Crippen LogP contribution < -0.4 is 0 Å². The van der Waals surface area contributed by atoms with Crippen LogP contribution in [0.5, 0.6) is 0 Å². The highest BCUT2D eigenvalue weighted by molar-refractivity contribution is 5.41. The topological polar surface area (TPSA) is 86.7 Å². The number of hydrogen-bond acceptors (Lipinski definition) is 5. The third-order valence-corrected chi connectivity index (χ3v) is 1.62. The van der Waals surface area contributed by atoms with Crippen molar-refractivity contribution in [2.24, 2.45) is 0 Å². The number of nitro benzene ring substituents is 1. The zero-order valence-electron chi connectivity index (χ0n) is 6.94. The number of benzene rings is 1. The van der Waals surface area contributed by atoms with Crippen molar-refractivity contribution in [2.45, 2.75) is 0 Å². The lowest BCUT2D eigenvalue weighted by Gasteiger charge is -1.96. The number of nitrogens with zero attached hydrogens (tertiary/aromatic N) is 5. The number of rotatable bonds is 2. The van der Waals surface area contributed by atoms with E-state index < -0.39 is 4.92 Å². The first-order valence-corrected chi connectivity index (χ1v) is 3.75. The van der Waals surface area contributed by atoms with Crippen molar-refractivity contribution in [1.29, 1.82) is 0 Å². The van der Waals surface area contributed by atoms with Gasteiger partial charge in [-0.25, -0.2) is 0 Å². The van der Waals surface area contributed by atoms with E-state index >= 15 is 0 Å². The Labute approximate surface area is 78.1 Å². The van der Waals surface area contributed by atoms with E-state index in [2.05, 4.69) is 15.4 Å². The molecule has 70 valence electrons. The standard InChI is InChI=1S/C7H5N5O2/c13-12(14)7-3-1-2-6(4-7)11-9-5-8-10-11/h1-5H. The minimum atomic E-state index is -0.472. The van der Waals surface area contributed by atoms with Gasteiger partial charge in [-0.3, -0.25) is 10.1 Å². The third-order valence-electron chi connectivity index (χ3n) is 1.62. The van der Waals surface area contributed by atoms with Crippen molar-refractivity contribution in [3.8, 4) is 5.69 Å². The van der Waals surface area contributed by atoms with Crippen LogP contribution in [0.15, 0.2) is 30.6 Å². The molecule has 14 heavy (non-hydrogen) atoms. The Morgan fingerprint density at radius 2 is 2.29 bits per heavy atom. The van der Waals surface area contributed by atoms with Crippen molar-refractivity contribution in [3.05, 3.63) is 40.7 Å². The molecular formula is C7H5N5O2. The fourth-order valence-corrected chi connectivity index (χ4v) is 1.02. The Bertz CT molecular complexity index is 453. The van der Waals surface area contributed by atoms with Crippen LogP contribution in [0.25, 0.3) is 5.69 Å². The molecule has 0 saturated carbocycles. The summed E-state index contributed by atoms with van der Waals surface area (Å²) in [5.74, 6) is 0. The summed E-state index contributed by atoms with van der Waals surface area (Å²) in [6, 6.07) is 6.01. The lowest BCUT2D eigenvalue weighted by Crippen LogP contribution is -1.99. The zero-order valence-corrected chi connectivity index (χ0v) is 6.94. The number of aromatic nitrogens is 4. The molecule has 2 aromatic rings. The first kappa shape index (κ1) is 8.30. The molecule has 0 spiro atoms. The van der Waals surface area contributed by atoms with Crippen LogP contribution in [-0.4, -0.2) is 25.1 Å². The van der Waals surface area contributed by atoms with Crippen molar-refractivity contribution < 1.29 is 4.92 Å². The molecule has 0 saturated heterocycles. The highest BCUT2D eigenvalue weighted by Gasteiger charge is 2.07. The normalized spacial score (nSPS) is 10.0. The van der Waals surface area contributed by atoms with E-state index in [0.717, 1.165) is 0 Å². The molecule has 2 rings (SSSR count). The summed E-state index contributed by atoms with van der Waals surface area (Å²) in [6.07, 6.45) is 1.26. The minimum Gasteiger partial charge on any atom is -0.258 e. The fourth-order valence-electron chi connectivity index (χ4n) is 1.02. The molecule has 1 heterocycles. The predicted molar refractivity (Wildman–Crippen MR) is 45.8 cm³/mol. The molecule has 0 fully saturated rings. The quantitative estimate of drug-likeness (QED) is 0.511. The fraction of sp³-hybridized carbons (Fsp3) is 0. The van der Waals surface area contributed by atoms with E-state index in [1.165, 1.54) is 23.3 Å². The maximum atomic E-state index is 10.5. The molecule has 0 bridgehead atoms. The van der Waals surface area contributed by atoms with Crippen molar-refractivity contribution in [1.82, 2.24) is 20.2 Å². The van der Waals surface area contributed by atoms with Gasteiger partial charge in [0.05, 0.1) is 10.6 Å². The molecule has 1 aromatic carbocycles. The van der Waals surface area contributed by atoms with Gasteiger partial charge in [0.15, 0.2) is 6.33 Å². The van der Waals surface area contributed by atoms with Crippen LogP contribution in [0.3, 0.4) is 0 Å². The molecule has 0 N–H and O–H groups in total. The summed E-state index contributed by atoms with van der Waals surface area (Å²) in [5.41, 5.74) is 0.511. The van der Waals surface area contributed by atoms with Crippen LogP contribution in [0.4, 0.5) is 5.69 Å². The second-order valence-corrected chi connectivity index (χ2v) is 2.50. The zero-order chi connectivity index (χ0) is 9.97.